The summed E-state index contributed by atoms with van der Waals surface area (Å²) in [5.74, 6) is -0.130. The zero-order valence-corrected chi connectivity index (χ0v) is 10.5. The van der Waals surface area contributed by atoms with Crippen LogP contribution < -0.4 is 5.32 Å². The Hall–Kier alpha value is -1.09. The van der Waals surface area contributed by atoms with E-state index in [0.717, 1.165) is 25.2 Å². The molecule has 17 heavy (non-hydrogen) atoms. The van der Waals surface area contributed by atoms with Crippen LogP contribution in [0.25, 0.3) is 0 Å². The highest BCUT2D eigenvalue weighted by molar-refractivity contribution is 5.50. The summed E-state index contributed by atoms with van der Waals surface area (Å²) in [6, 6.07) is 5.20. The summed E-state index contributed by atoms with van der Waals surface area (Å²) in [5.41, 5.74) is 1.64. The van der Waals surface area contributed by atoms with E-state index in [0.29, 0.717) is 5.56 Å². The van der Waals surface area contributed by atoms with Gasteiger partial charge in [0.2, 0.25) is 0 Å². The lowest BCUT2D eigenvalue weighted by molar-refractivity contribution is 0.337. The van der Waals surface area contributed by atoms with Crippen LogP contribution in [0.5, 0.6) is 0 Å². The van der Waals surface area contributed by atoms with Crippen LogP contribution in [0.2, 0.25) is 0 Å². The first-order chi connectivity index (χ1) is 8.27. The minimum Gasteiger partial charge on any atom is -0.385 e. The second-order valence-electron chi connectivity index (χ2n) is 4.74. The highest BCUT2D eigenvalue weighted by atomic mass is 19.1. The van der Waals surface area contributed by atoms with Gasteiger partial charge in [-0.05, 0) is 58.0 Å². The van der Waals surface area contributed by atoms with Gasteiger partial charge in [-0.25, -0.2) is 4.39 Å². The first-order valence-electron chi connectivity index (χ1n) is 6.49. The number of hydrogen-bond acceptors (Lipinski definition) is 2. The summed E-state index contributed by atoms with van der Waals surface area (Å²) in [6.45, 7) is 6.39. The molecule has 0 bridgehead atoms. The van der Waals surface area contributed by atoms with Crippen molar-refractivity contribution in [2.45, 2.75) is 26.2 Å². The molecule has 0 atom stereocenters. The van der Waals surface area contributed by atoms with Gasteiger partial charge in [-0.15, -0.1) is 0 Å². The van der Waals surface area contributed by atoms with Gasteiger partial charge in [0.25, 0.3) is 0 Å². The summed E-state index contributed by atoms with van der Waals surface area (Å²) in [5, 5.41) is 3.31. The van der Waals surface area contributed by atoms with Crippen molar-refractivity contribution < 1.29 is 4.39 Å². The van der Waals surface area contributed by atoms with Crippen molar-refractivity contribution in [2.75, 3.05) is 31.5 Å². The van der Waals surface area contributed by atoms with Crippen LogP contribution in [-0.2, 0) is 0 Å². The third-order valence-electron chi connectivity index (χ3n) is 3.43. The van der Waals surface area contributed by atoms with E-state index < -0.39 is 0 Å². The Morgan fingerprint density at radius 1 is 1.29 bits per heavy atom. The van der Waals surface area contributed by atoms with Crippen LogP contribution in [0.15, 0.2) is 18.2 Å². The molecule has 2 nitrogen and oxygen atoms in total. The maximum Gasteiger partial charge on any atom is 0.128 e. The molecule has 1 heterocycles. The maximum absolute atomic E-state index is 13.3. The van der Waals surface area contributed by atoms with E-state index in [2.05, 4.69) is 10.2 Å². The number of nitrogens with one attached hydrogen (secondary N) is 1. The van der Waals surface area contributed by atoms with Gasteiger partial charge in [-0.2, -0.15) is 0 Å². The lowest BCUT2D eigenvalue weighted by atomic mass is 10.2. The van der Waals surface area contributed by atoms with E-state index in [9.17, 15) is 4.39 Å². The summed E-state index contributed by atoms with van der Waals surface area (Å²) in [7, 11) is 0. The lowest BCUT2D eigenvalue weighted by Gasteiger charge is -2.15. The van der Waals surface area contributed by atoms with E-state index in [1.54, 1.807) is 6.07 Å². The van der Waals surface area contributed by atoms with Crippen LogP contribution in [0.1, 0.15) is 24.8 Å². The zero-order valence-electron chi connectivity index (χ0n) is 10.5. The zero-order chi connectivity index (χ0) is 12.1. The van der Waals surface area contributed by atoms with Gasteiger partial charge in [-0.1, -0.05) is 6.07 Å². The molecule has 94 valence electrons. The fraction of sp³-hybridized carbons (Fsp3) is 0.571. The Balaban J connectivity index is 1.72. The first kappa shape index (κ1) is 12.4. The fourth-order valence-corrected chi connectivity index (χ4v) is 2.33. The van der Waals surface area contributed by atoms with Crippen molar-refractivity contribution in [1.82, 2.24) is 4.90 Å². The largest absolute Gasteiger partial charge is 0.385 e. The highest BCUT2D eigenvalue weighted by Crippen LogP contribution is 2.17. The van der Waals surface area contributed by atoms with Gasteiger partial charge >= 0.3 is 0 Å². The fourth-order valence-electron chi connectivity index (χ4n) is 2.33. The SMILES string of the molecule is Cc1c(F)cccc1NCCCN1CCCC1. The van der Waals surface area contributed by atoms with Gasteiger partial charge in [-0.3, -0.25) is 0 Å². The maximum atomic E-state index is 13.3. The standard InChI is InChI=1S/C14H21FN2/c1-12-13(15)6-4-7-14(12)16-8-5-11-17-9-2-3-10-17/h4,6-7,16H,2-3,5,8-11H2,1H3. The Morgan fingerprint density at radius 3 is 2.82 bits per heavy atom. The van der Waals surface area contributed by atoms with Crippen molar-refractivity contribution in [1.29, 1.82) is 0 Å². The molecular formula is C14H21FN2. The van der Waals surface area contributed by atoms with Crippen molar-refractivity contribution >= 4 is 5.69 Å². The Kier molecular flexibility index (Phi) is 4.37. The van der Waals surface area contributed by atoms with Crippen LogP contribution in [0.3, 0.4) is 0 Å². The molecule has 1 aliphatic heterocycles. The molecule has 1 aliphatic rings. The van der Waals surface area contributed by atoms with Gasteiger partial charge in [0, 0.05) is 17.8 Å². The molecule has 1 aromatic carbocycles. The Labute approximate surface area is 103 Å². The molecule has 1 aromatic rings. The summed E-state index contributed by atoms with van der Waals surface area (Å²) >= 11 is 0. The van der Waals surface area contributed by atoms with Crippen molar-refractivity contribution in [3.05, 3.63) is 29.6 Å². The summed E-state index contributed by atoms with van der Waals surface area (Å²) < 4.78 is 13.3. The molecule has 0 aliphatic carbocycles. The molecule has 2 rings (SSSR count). The first-order valence-corrected chi connectivity index (χ1v) is 6.49. The summed E-state index contributed by atoms with van der Waals surface area (Å²) in [4.78, 5) is 2.50. The number of anilines is 1. The van der Waals surface area contributed by atoms with E-state index >= 15 is 0 Å². The number of nitrogens with zero attached hydrogens (tertiary/aromatic N) is 1. The average Bonchev–Trinajstić information content (AvgIpc) is 2.83. The minimum atomic E-state index is -0.130. The predicted octanol–water partition coefficient (Wildman–Crippen LogP) is 3.03. The molecule has 0 radical (unpaired) electrons. The van der Waals surface area contributed by atoms with Crippen LogP contribution in [-0.4, -0.2) is 31.1 Å². The molecule has 0 amide bonds. The van der Waals surface area contributed by atoms with E-state index in [1.807, 2.05) is 13.0 Å². The number of halogens is 1. The quantitative estimate of drug-likeness (QED) is 0.791. The summed E-state index contributed by atoms with van der Waals surface area (Å²) in [6.07, 6.45) is 3.81. The normalized spacial score (nSPS) is 16.4. The minimum absolute atomic E-state index is 0.130. The molecule has 1 fully saturated rings. The third kappa shape index (κ3) is 3.43. The van der Waals surface area contributed by atoms with Gasteiger partial charge < -0.3 is 10.2 Å². The second kappa shape index (κ2) is 6.01. The van der Waals surface area contributed by atoms with Crippen molar-refractivity contribution in [3.8, 4) is 0 Å². The molecule has 1 saturated heterocycles. The number of rotatable bonds is 5. The van der Waals surface area contributed by atoms with Gasteiger partial charge in [0.15, 0.2) is 0 Å². The van der Waals surface area contributed by atoms with Crippen LogP contribution >= 0.6 is 0 Å². The Morgan fingerprint density at radius 2 is 2.06 bits per heavy atom. The predicted molar refractivity (Wildman–Crippen MR) is 69.9 cm³/mol. The second-order valence-corrected chi connectivity index (χ2v) is 4.74. The van der Waals surface area contributed by atoms with Crippen LogP contribution in [0.4, 0.5) is 10.1 Å². The number of benzene rings is 1. The van der Waals surface area contributed by atoms with Gasteiger partial charge in [0.05, 0.1) is 0 Å². The number of hydrogen-bond donors (Lipinski definition) is 1. The van der Waals surface area contributed by atoms with E-state index in [-0.39, 0.29) is 5.82 Å². The topological polar surface area (TPSA) is 15.3 Å². The molecule has 0 unspecified atom stereocenters. The van der Waals surface area contributed by atoms with Crippen LogP contribution in [0, 0.1) is 12.7 Å². The molecule has 0 aromatic heterocycles. The van der Waals surface area contributed by atoms with E-state index in [1.165, 1.54) is 32.0 Å². The average molecular weight is 236 g/mol. The molecule has 3 heteroatoms. The van der Waals surface area contributed by atoms with Crippen molar-refractivity contribution in [2.24, 2.45) is 0 Å². The highest BCUT2D eigenvalue weighted by Gasteiger charge is 2.10. The van der Waals surface area contributed by atoms with Crippen molar-refractivity contribution in [3.63, 3.8) is 0 Å². The number of likely N-dealkylation sites (tertiary alicyclic amines) is 1. The van der Waals surface area contributed by atoms with E-state index in [4.69, 9.17) is 0 Å². The molecule has 1 N–H and O–H groups in total. The Bertz CT molecular complexity index is 359. The third-order valence-corrected chi connectivity index (χ3v) is 3.43. The van der Waals surface area contributed by atoms with Gasteiger partial charge in [0.1, 0.15) is 5.82 Å². The molecular weight excluding hydrogens is 215 g/mol. The molecule has 0 spiro atoms. The smallest absolute Gasteiger partial charge is 0.128 e. The monoisotopic (exact) mass is 236 g/mol. The molecule has 0 saturated carbocycles. The lowest BCUT2D eigenvalue weighted by Crippen LogP contribution is -2.22.